The van der Waals surface area contributed by atoms with E-state index in [-0.39, 0.29) is 11.8 Å². The van der Waals surface area contributed by atoms with Crippen LogP contribution in [0.3, 0.4) is 0 Å². The van der Waals surface area contributed by atoms with Crippen LogP contribution in [0.2, 0.25) is 0 Å². The Labute approximate surface area is 169 Å². The van der Waals surface area contributed by atoms with Crippen LogP contribution in [0.5, 0.6) is 0 Å². The molecule has 1 aliphatic heterocycles. The van der Waals surface area contributed by atoms with Gasteiger partial charge in [0, 0.05) is 31.7 Å². The predicted octanol–water partition coefficient (Wildman–Crippen LogP) is 4.19. The Morgan fingerprint density at radius 2 is 1.89 bits per heavy atom. The Balaban J connectivity index is 1.39. The summed E-state index contributed by atoms with van der Waals surface area (Å²) in [6.07, 6.45) is 10.7. The third kappa shape index (κ3) is 5.06. The summed E-state index contributed by atoms with van der Waals surface area (Å²) in [7, 11) is 0. The number of carbonyl (C=O) groups excluding carboxylic acids is 2. The standard InChI is InChI=1S/C23H35N3O2/c1-16-17(2)22(25-18(16)3)23(28)26-13-10-20(11-14-26)15-21(27)24-12-9-19-7-5-4-6-8-19/h7,20,25H,4-6,8-15H2,1-3H3,(H,24,27). The highest BCUT2D eigenvalue weighted by Gasteiger charge is 2.27. The number of amides is 2. The molecule has 2 amide bonds. The van der Waals surface area contributed by atoms with E-state index in [2.05, 4.69) is 16.4 Å². The fourth-order valence-corrected chi connectivity index (χ4v) is 4.38. The van der Waals surface area contributed by atoms with E-state index >= 15 is 0 Å². The van der Waals surface area contributed by atoms with E-state index in [1.165, 1.54) is 36.8 Å². The molecule has 1 fully saturated rings. The highest BCUT2D eigenvalue weighted by atomic mass is 16.2. The summed E-state index contributed by atoms with van der Waals surface area (Å²) in [5.74, 6) is 0.635. The summed E-state index contributed by atoms with van der Waals surface area (Å²) in [4.78, 5) is 30.3. The molecule has 1 aromatic rings. The lowest BCUT2D eigenvalue weighted by molar-refractivity contribution is -0.122. The van der Waals surface area contributed by atoms with Crippen molar-refractivity contribution in [3.63, 3.8) is 0 Å². The molecular formula is C23H35N3O2. The molecule has 154 valence electrons. The molecule has 5 nitrogen and oxygen atoms in total. The van der Waals surface area contributed by atoms with Crippen molar-refractivity contribution in [2.45, 2.75) is 72.1 Å². The van der Waals surface area contributed by atoms with Crippen molar-refractivity contribution >= 4 is 11.8 Å². The van der Waals surface area contributed by atoms with E-state index in [0.29, 0.717) is 12.3 Å². The third-order valence-corrected chi connectivity index (χ3v) is 6.56. The van der Waals surface area contributed by atoms with Crippen molar-refractivity contribution in [2.75, 3.05) is 19.6 Å². The Morgan fingerprint density at radius 3 is 2.50 bits per heavy atom. The Morgan fingerprint density at radius 1 is 1.14 bits per heavy atom. The maximum Gasteiger partial charge on any atom is 0.270 e. The first kappa shape index (κ1) is 20.7. The number of carbonyl (C=O) groups is 2. The number of allylic oxidation sites excluding steroid dienone is 1. The van der Waals surface area contributed by atoms with Crippen molar-refractivity contribution in [3.8, 4) is 0 Å². The molecule has 2 N–H and O–H groups in total. The van der Waals surface area contributed by atoms with E-state index in [9.17, 15) is 9.59 Å². The molecule has 0 radical (unpaired) electrons. The molecule has 0 aromatic carbocycles. The van der Waals surface area contributed by atoms with Crippen LogP contribution in [-0.4, -0.2) is 41.3 Å². The monoisotopic (exact) mass is 385 g/mol. The number of aromatic nitrogens is 1. The van der Waals surface area contributed by atoms with E-state index in [4.69, 9.17) is 0 Å². The fourth-order valence-electron chi connectivity index (χ4n) is 4.38. The number of nitrogens with one attached hydrogen (secondary N) is 2. The van der Waals surface area contributed by atoms with Crippen LogP contribution in [0.25, 0.3) is 0 Å². The molecule has 0 spiro atoms. The number of hydrogen-bond acceptors (Lipinski definition) is 2. The van der Waals surface area contributed by atoms with E-state index < -0.39 is 0 Å². The first-order valence-corrected chi connectivity index (χ1v) is 10.9. The fraction of sp³-hybridized carbons (Fsp3) is 0.652. The molecule has 0 unspecified atom stereocenters. The van der Waals surface area contributed by atoms with Gasteiger partial charge in [-0.05, 0) is 82.8 Å². The summed E-state index contributed by atoms with van der Waals surface area (Å²) >= 11 is 0. The largest absolute Gasteiger partial charge is 0.356 e. The van der Waals surface area contributed by atoms with Crippen molar-refractivity contribution in [2.24, 2.45) is 5.92 Å². The van der Waals surface area contributed by atoms with Crippen LogP contribution in [0.4, 0.5) is 0 Å². The van der Waals surface area contributed by atoms with E-state index in [1.807, 2.05) is 25.7 Å². The molecule has 0 atom stereocenters. The highest BCUT2D eigenvalue weighted by molar-refractivity contribution is 5.94. The van der Waals surface area contributed by atoms with Gasteiger partial charge in [0.15, 0.2) is 0 Å². The molecule has 28 heavy (non-hydrogen) atoms. The van der Waals surface area contributed by atoms with Crippen molar-refractivity contribution < 1.29 is 9.59 Å². The van der Waals surface area contributed by atoms with Crippen LogP contribution < -0.4 is 5.32 Å². The highest BCUT2D eigenvalue weighted by Crippen LogP contribution is 2.24. The quantitative estimate of drug-likeness (QED) is 0.721. The summed E-state index contributed by atoms with van der Waals surface area (Å²) in [5, 5.41) is 3.09. The Bertz CT molecular complexity index is 739. The van der Waals surface area contributed by atoms with Gasteiger partial charge in [-0.15, -0.1) is 0 Å². The zero-order valence-corrected chi connectivity index (χ0v) is 17.7. The predicted molar refractivity (Wildman–Crippen MR) is 112 cm³/mol. The van der Waals surface area contributed by atoms with Gasteiger partial charge in [0.2, 0.25) is 5.91 Å². The molecule has 2 heterocycles. The van der Waals surface area contributed by atoms with Crippen LogP contribution >= 0.6 is 0 Å². The second-order valence-corrected chi connectivity index (χ2v) is 8.52. The minimum atomic E-state index is 0.0948. The number of piperidine rings is 1. The first-order valence-electron chi connectivity index (χ1n) is 10.9. The van der Waals surface area contributed by atoms with Gasteiger partial charge < -0.3 is 15.2 Å². The zero-order chi connectivity index (χ0) is 20.1. The molecule has 1 saturated heterocycles. The van der Waals surface area contributed by atoms with Gasteiger partial charge in [-0.1, -0.05) is 11.6 Å². The van der Waals surface area contributed by atoms with Gasteiger partial charge in [0.05, 0.1) is 0 Å². The molecule has 1 aromatic heterocycles. The topological polar surface area (TPSA) is 65.2 Å². The minimum Gasteiger partial charge on any atom is -0.356 e. The summed E-state index contributed by atoms with van der Waals surface area (Å²) in [6, 6.07) is 0. The van der Waals surface area contributed by atoms with Crippen LogP contribution in [0, 0.1) is 26.7 Å². The lowest BCUT2D eigenvalue weighted by Gasteiger charge is -2.31. The Hall–Kier alpha value is -2.04. The summed E-state index contributed by atoms with van der Waals surface area (Å²) in [5.41, 5.74) is 5.51. The number of H-pyrrole nitrogens is 1. The van der Waals surface area contributed by atoms with E-state index in [0.717, 1.165) is 55.8 Å². The smallest absolute Gasteiger partial charge is 0.270 e. The molecule has 0 bridgehead atoms. The van der Waals surface area contributed by atoms with E-state index in [1.54, 1.807) is 0 Å². The maximum absolute atomic E-state index is 12.8. The zero-order valence-electron chi connectivity index (χ0n) is 17.7. The summed E-state index contributed by atoms with van der Waals surface area (Å²) in [6.45, 7) is 8.29. The van der Waals surface area contributed by atoms with Gasteiger partial charge in [0.1, 0.15) is 5.69 Å². The normalized spacial score (nSPS) is 18.1. The number of rotatable bonds is 6. The third-order valence-electron chi connectivity index (χ3n) is 6.56. The number of aryl methyl sites for hydroxylation is 1. The van der Waals surface area contributed by atoms with Crippen LogP contribution in [-0.2, 0) is 4.79 Å². The van der Waals surface area contributed by atoms with Crippen molar-refractivity contribution in [1.29, 1.82) is 0 Å². The first-order chi connectivity index (χ1) is 13.5. The maximum atomic E-state index is 12.8. The average Bonchev–Trinajstić information content (AvgIpc) is 2.96. The van der Waals surface area contributed by atoms with Crippen LogP contribution in [0.15, 0.2) is 11.6 Å². The Kier molecular flexibility index (Phi) is 6.97. The van der Waals surface area contributed by atoms with Gasteiger partial charge in [-0.2, -0.15) is 0 Å². The summed E-state index contributed by atoms with van der Waals surface area (Å²) < 4.78 is 0. The molecule has 2 aliphatic rings. The van der Waals surface area contributed by atoms with Gasteiger partial charge >= 0.3 is 0 Å². The second-order valence-electron chi connectivity index (χ2n) is 8.52. The average molecular weight is 386 g/mol. The molecule has 5 heteroatoms. The SMILES string of the molecule is Cc1[nH]c(C(=O)N2CCC(CC(=O)NCCC3=CCCCC3)CC2)c(C)c1C. The van der Waals surface area contributed by atoms with Gasteiger partial charge in [-0.25, -0.2) is 0 Å². The lowest BCUT2D eigenvalue weighted by Crippen LogP contribution is -2.40. The number of hydrogen-bond donors (Lipinski definition) is 2. The van der Waals surface area contributed by atoms with Gasteiger partial charge in [-0.3, -0.25) is 9.59 Å². The number of aromatic amines is 1. The van der Waals surface area contributed by atoms with Crippen molar-refractivity contribution in [1.82, 2.24) is 15.2 Å². The lowest BCUT2D eigenvalue weighted by atomic mass is 9.92. The molecule has 1 aliphatic carbocycles. The molecule has 3 rings (SSSR count). The van der Waals surface area contributed by atoms with Gasteiger partial charge in [0.25, 0.3) is 5.91 Å². The number of likely N-dealkylation sites (tertiary alicyclic amines) is 1. The minimum absolute atomic E-state index is 0.0948. The molecule has 0 saturated carbocycles. The van der Waals surface area contributed by atoms with Crippen LogP contribution in [0.1, 0.15) is 78.7 Å². The second kappa shape index (κ2) is 9.44. The van der Waals surface area contributed by atoms with Crippen molar-refractivity contribution in [3.05, 3.63) is 34.2 Å². The number of nitrogens with zero attached hydrogens (tertiary/aromatic N) is 1. The molecular weight excluding hydrogens is 350 g/mol.